The molecule has 1 heterocycles. The van der Waals surface area contributed by atoms with Gasteiger partial charge in [-0.1, -0.05) is 60.7 Å². The predicted molar refractivity (Wildman–Crippen MR) is 81.9 cm³/mol. The zero-order chi connectivity index (χ0) is 13.1. The van der Waals surface area contributed by atoms with E-state index >= 15 is 0 Å². The van der Waals surface area contributed by atoms with E-state index in [0.717, 1.165) is 0 Å². The van der Waals surface area contributed by atoms with Crippen molar-refractivity contribution < 1.29 is 13.0 Å². The van der Waals surface area contributed by atoms with Crippen LogP contribution in [-0.4, -0.2) is 19.5 Å². The highest BCUT2D eigenvalue weighted by molar-refractivity contribution is 7.37. The Morgan fingerprint density at radius 1 is 0.789 bits per heavy atom. The van der Waals surface area contributed by atoms with Crippen molar-refractivity contribution in [2.24, 2.45) is 0 Å². The fourth-order valence-electron chi connectivity index (χ4n) is 2.46. The Bertz CT molecular complexity index is 525. The summed E-state index contributed by atoms with van der Waals surface area (Å²) in [5.41, 5.74) is 2.49. The van der Waals surface area contributed by atoms with E-state index in [4.69, 9.17) is 8.43 Å². The van der Waals surface area contributed by atoms with E-state index in [-0.39, 0.29) is 4.66 Å². The van der Waals surface area contributed by atoms with E-state index in [1.807, 2.05) is 36.4 Å². The quantitative estimate of drug-likeness (QED) is 0.623. The first kappa shape index (κ1) is 13.0. The van der Waals surface area contributed by atoms with Gasteiger partial charge in [-0.2, -0.15) is 0 Å². The fraction of sp³-hybridized carbons (Fsp3) is 0.0769. The first-order chi connectivity index (χ1) is 9.31. The third kappa shape index (κ3) is 2.52. The molecule has 0 saturated carbocycles. The number of benzene rings is 2. The molecule has 3 nitrogen and oxygen atoms in total. The summed E-state index contributed by atoms with van der Waals surface area (Å²) in [7, 11) is -4.12. The van der Waals surface area contributed by atoms with Crippen LogP contribution in [0.1, 0.15) is 11.1 Å². The van der Waals surface area contributed by atoms with Gasteiger partial charge < -0.3 is 8.43 Å². The standard InChI is InChI=1S/C13H15O3PSi2/c14-17-15-18-13(19-16-17,11-7-3-1-4-8-11)12-9-5-2-6-10-12/h1-10,17H,18-19H2. The van der Waals surface area contributed by atoms with Crippen molar-refractivity contribution in [2.75, 3.05) is 0 Å². The van der Waals surface area contributed by atoms with Crippen molar-refractivity contribution >= 4 is 27.8 Å². The third-order valence-electron chi connectivity index (χ3n) is 3.53. The maximum absolute atomic E-state index is 11.4. The molecule has 6 heteroatoms. The summed E-state index contributed by atoms with van der Waals surface area (Å²) < 4.78 is 22.3. The zero-order valence-corrected chi connectivity index (χ0v) is 14.2. The second-order valence-electron chi connectivity index (χ2n) is 4.64. The van der Waals surface area contributed by atoms with E-state index in [0.29, 0.717) is 0 Å². The zero-order valence-electron chi connectivity index (χ0n) is 10.4. The molecule has 2 aromatic carbocycles. The summed E-state index contributed by atoms with van der Waals surface area (Å²) in [6.45, 7) is 0. The van der Waals surface area contributed by atoms with E-state index in [1.165, 1.54) is 11.1 Å². The monoisotopic (exact) mass is 306 g/mol. The van der Waals surface area contributed by atoms with Crippen molar-refractivity contribution in [1.82, 2.24) is 0 Å². The second kappa shape index (κ2) is 5.57. The second-order valence-corrected chi connectivity index (χ2v) is 11.4. The molecule has 0 bridgehead atoms. The Kier molecular flexibility index (Phi) is 3.82. The van der Waals surface area contributed by atoms with Crippen LogP contribution < -0.4 is 0 Å². The minimum absolute atomic E-state index is 0.0961. The van der Waals surface area contributed by atoms with E-state index in [1.54, 1.807) is 0 Å². The van der Waals surface area contributed by atoms with Gasteiger partial charge in [0.1, 0.15) is 0 Å². The lowest BCUT2D eigenvalue weighted by Gasteiger charge is -2.36. The average molecular weight is 306 g/mol. The Morgan fingerprint density at radius 2 is 1.21 bits per heavy atom. The Hall–Kier alpha value is -0.976. The topological polar surface area (TPSA) is 35.5 Å². The van der Waals surface area contributed by atoms with Gasteiger partial charge in [0.15, 0.2) is 19.5 Å². The molecule has 1 aliphatic heterocycles. The summed E-state index contributed by atoms with van der Waals surface area (Å²) in [5.74, 6) is 0. The van der Waals surface area contributed by atoms with Gasteiger partial charge in [0.05, 0.1) is 0 Å². The molecule has 0 aliphatic carbocycles. The molecule has 0 amide bonds. The van der Waals surface area contributed by atoms with Crippen molar-refractivity contribution in [1.29, 1.82) is 0 Å². The molecule has 1 aliphatic rings. The van der Waals surface area contributed by atoms with Crippen molar-refractivity contribution in [3.8, 4) is 0 Å². The molecule has 0 atom stereocenters. The van der Waals surface area contributed by atoms with Crippen LogP contribution in [0.3, 0.4) is 0 Å². The fourth-order valence-corrected chi connectivity index (χ4v) is 10.2. The van der Waals surface area contributed by atoms with Gasteiger partial charge in [0, 0.05) is 4.66 Å². The van der Waals surface area contributed by atoms with Crippen LogP contribution in [-0.2, 0) is 17.7 Å². The van der Waals surface area contributed by atoms with Crippen LogP contribution in [0.25, 0.3) is 0 Å². The molecule has 0 aromatic heterocycles. The maximum atomic E-state index is 11.4. The lowest BCUT2D eigenvalue weighted by Crippen LogP contribution is -2.44. The average Bonchev–Trinajstić information content (AvgIpc) is 2.50. The Balaban J connectivity index is 2.09. The van der Waals surface area contributed by atoms with Crippen LogP contribution in [0.5, 0.6) is 0 Å². The van der Waals surface area contributed by atoms with Crippen molar-refractivity contribution in [3.63, 3.8) is 0 Å². The van der Waals surface area contributed by atoms with Gasteiger partial charge in [-0.05, 0) is 11.1 Å². The normalized spacial score (nSPS) is 24.5. The van der Waals surface area contributed by atoms with Gasteiger partial charge in [-0.3, -0.25) is 4.57 Å². The maximum Gasteiger partial charge on any atom is 0.298 e. The highest BCUT2D eigenvalue weighted by atomic mass is 31.1. The van der Waals surface area contributed by atoms with E-state index in [9.17, 15) is 4.57 Å². The summed E-state index contributed by atoms with van der Waals surface area (Å²) in [4.78, 5) is 0. The molecular formula is C13H15O3PSi2. The van der Waals surface area contributed by atoms with Gasteiger partial charge in [0.25, 0.3) is 8.25 Å². The summed E-state index contributed by atoms with van der Waals surface area (Å²) in [6, 6.07) is 20.7. The first-order valence-electron chi connectivity index (χ1n) is 6.22. The van der Waals surface area contributed by atoms with Crippen LogP contribution in [0.4, 0.5) is 0 Å². The minimum atomic E-state index is -2.20. The molecule has 1 saturated heterocycles. The smallest absolute Gasteiger partial charge is 0.298 e. The third-order valence-corrected chi connectivity index (χ3v) is 10.4. The number of rotatable bonds is 2. The number of hydrogen-bond acceptors (Lipinski definition) is 3. The van der Waals surface area contributed by atoms with Gasteiger partial charge >= 0.3 is 0 Å². The molecule has 2 aromatic rings. The molecule has 1 fully saturated rings. The number of hydrogen-bond donors (Lipinski definition) is 0. The lowest BCUT2D eigenvalue weighted by molar-refractivity contribution is 0.408. The molecule has 0 spiro atoms. The minimum Gasteiger partial charge on any atom is -0.360 e. The van der Waals surface area contributed by atoms with Crippen LogP contribution >= 0.6 is 8.25 Å². The van der Waals surface area contributed by atoms with E-state index < -0.39 is 27.8 Å². The summed E-state index contributed by atoms with van der Waals surface area (Å²) >= 11 is 0. The lowest BCUT2D eigenvalue weighted by atomic mass is 10.0. The molecule has 98 valence electrons. The molecule has 0 radical (unpaired) electrons. The molecule has 0 unspecified atom stereocenters. The molecule has 3 rings (SSSR count). The highest BCUT2D eigenvalue weighted by Gasteiger charge is 2.40. The van der Waals surface area contributed by atoms with Gasteiger partial charge in [-0.15, -0.1) is 0 Å². The van der Waals surface area contributed by atoms with Crippen LogP contribution in [0.15, 0.2) is 60.7 Å². The summed E-state index contributed by atoms with van der Waals surface area (Å²) in [5, 5.41) is 0. The van der Waals surface area contributed by atoms with E-state index in [2.05, 4.69) is 24.3 Å². The van der Waals surface area contributed by atoms with Crippen molar-refractivity contribution in [2.45, 2.75) is 4.66 Å². The molecule has 19 heavy (non-hydrogen) atoms. The largest absolute Gasteiger partial charge is 0.360 e. The van der Waals surface area contributed by atoms with Gasteiger partial charge in [-0.25, -0.2) is 0 Å². The van der Waals surface area contributed by atoms with Crippen molar-refractivity contribution in [3.05, 3.63) is 71.8 Å². The van der Waals surface area contributed by atoms with Crippen LogP contribution in [0.2, 0.25) is 0 Å². The van der Waals surface area contributed by atoms with Gasteiger partial charge in [0.2, 0.25) is 0 Å². The van der Waals surface area contributed by atoms with Crippen LogP contribution in [0, 0.1) is 0 Å². The molecular weight excluding hydrogens is 291 g/mol. The molecule has 0 N–H and O–H groups in total. The predicted octanol–water partition coefficient (Wildman–Crippen LogP) is 1.49. The SMILES string of the molecule is O=[PH]1O[SiH2]C(c2ccccc2)(c2ccccc2)[SiH2]O1. The highest BCUT2D eigenvalue weighted by Crippen LogP contribution is 2.40. The Morgan fingerprint density at radius 3 is 1.63 bits per heavy atom. The summed E-state index contributed by atoms with van der Waals surface area (Å²) in [6.07, 6.45) is 0. The Labute approximate surface area is 117 Å². The first-order valence-corrected chi connectivity index (χ1v) is 10.0.